The van der Waals surface area contributed by atoms with Crippen molar-refractivity contribution in [2.24, 2.45) is 0 Å². The van der Waals surface area contributed by atoms with Gasteiger partial charge >= 0.3 is 21.7 Å². The summed E-state index contributed by atoms with van der Waals surface area (Å²) in [6, 6.07) is 8.36. The van der Waals surface area contributed by atoms with E-state index in [4.69, 9.17) is 4.74 Å². The van der Waals surface area contributed by atoms with E-state index in [-0.39, 0.29) is 52.6 Å². The summed E-state index contributed by atoms with van der Waals surface area (Å²) in [5.74, 6) is 1.03. The Hall–Kier alpha value is -0.206. The van der Waals surface area contributed by atoms with Crippen molar-refractivity contribution < 1.29 is 51.3 Å². The Balaban J connectivity index is 0. The van der Waals surface area contributed by atoms with Crippen LogP contribution in [0, 0.1) is 6.08 Å². The number of hydrogen-bond acceptors (Lipinski definition) is 1. The first-order valence-electron chi connectivity index (χ1n) is 6.76. The van der Waals surface area contributed by atoms with E-state index in [0.29, 0.717) is 0 Å². The van der Waals surface area contributed by atoms with Gasteiger partial charge < -0.3 is 29.6 Å². The average Bonchev–Trinajstić information content (AvgIpc) is 2.84. The van der Waals surface area contributed by atoms with Crippen LogP contribution in [0.5, 0.6) is 5.75 Å². The second-order valence-electron chi connectivity index (χ2n) is 4.94. The maximum Gasteiger partial charge on any atom is 3.00 e. The molecule has 1 aromatic rings. The zero-order chi connectivity index (χ0) is 12.8. The van der Waals surface area contributed by atoms with Gasteiger partial charge in [0, 0.05) is 0 Å². The third-order valence-electron chi connectivity index (χ3n) is 2.99. The van der Waals surface area contributed by atoms with Crippen molar-refractivity contribution in [3.05, 3.63) is 53.6 Å². The Labute approximate surface area is 155 Å². The van der Waals surface area contributed by atoms with Crippen molar-refractivity contribution in [1.82, 2.24) is 0 Å². The third-order valence-corrected chi connectivity index (χ3v) is 2.99. The quantitative estimate of drug-likeness (QED) is 0.443. The van der Waals surface area contributed by atoms with Crippen LogP contribution in [0.15, 0.2) is 42.0 Å². The van der Waals surface area contributed by atoms with Gasteiger partial charge in [0.05, 0.1) is 6.10 Å². The number of ether oxygens (including phenoxy) is 1. The Bertz CT molecular complexity index is 456. The Kier molecular flexibility index (Phi) is 13.6. The average molecular weight is 360 g/mol. The van der Waals surface area contributed by atoms with Crippen LogP contribution in [-0.4, -0.2) is 6.10 Å². The molecular formula is C17H21Cl2OTi. The Morgan fingerprint density at radius 1 is 1.14 bits per heavy atom. The Morgan fingerprint density at radius 3 is 2.48 bits per heavy atom. The van der Waals surface area contributed by atoms with Crippen LogP contribution in [0.25, 0.3) is 0 Å². The molecule has 0 spiro atoms. The minimum atomic E-state index is 0. The monoisotopic (exact) mass is 359 g/mol. The molecule has 0 unspecified atom stereocenters. The molecular weight excluding hydrogens is 339 g/mol. The van der Waals surface area contributed by atoms with Crippen LogP contribution in [-0.2, 0) is 28.1 Å². The van der Waals surface area contributed by atoms with Crippen molar-refractivity contribution in [3.8, 4) is 5.75 Å². The van der Waals surface area contributed by atoms with Crippen molar-refractivity contribution in [2.45, 2.75) is 45.6 Å². The standard InChI is InChI=1S/C17H21O.2ClH.Ti/c1-14(2)18-17-13-6-5-11-16(17)12-7-10-15-8-3-4-9-15;;;/h3,5-6,8,11,13-14H,4,7,10,12H2,1-2H3;2*1H;/q-1;;;+3/p-2. The second kappa shape index (κ2) is 12.3. The number of halogens is 2. The van der Waals surface area contributed by atoms with E-state index in [1.165, 1.54) is 11.1 Å². The molecule has 0 aliphatic heterocycles. The first-order valence-corrected chi connectivity index (χ1v) is 6.76. The van der Waals surface area contributed by atoms with Crippen molar-refractivity contribution in [3.63, 3.8) is 0 Å². The van der Waals surface area contributed by atoms with Gasteiger partial charge in [-0.15, -0.1) is 6.42 Å². The van der Waals surface area contributed by atoms with E-state index in [9.17, 15) is 0 Å². The van der Waals surface area contributed by atoms with E-state index in [1.54, 1.807) is 0 Å². The molecule has 0 bridgehead atoms. The van der Waals surface area contributed by atoms with Crippen molar-refractivity contribution in [2.75, 3.05) is 0 Å². The van der Waals surface area contributed by atoms with Gasteiger partial charge in [0.25, 0.3) is 0 Å². The Morgan fingerprint density at radius 2 is 1.86 bits per heavy atom. The SMILES string of the molecule is CC(C)Oc1ccccc1CCCC1=[C-]CC=C1.[Cl-].[Cl-].[Ti+3]. The molecule has 0 N–H and O–H groups in total. The molecule has 0 heterocycles. The predicted molar refractivity (Wildman–Crippen MR) is 75.7 cm³/mol. The molecule has 0 aromatic heterocycles. The maximum absolute atomic E-state index is 5.83. The second-order valence-corrected chi connectivity index (χ2v) is 4.94. The molecule has 1 nitrogen and oxygen atoms in total. The van der Waals surface area contributed by atoms with Gasteiger partial charge in [0.2, 0.25) is 0 Å². The molecule has 1 aliphatic carbocycles. The van der Waals surface area contributed by atoms with Gasteiger partial charge in [-0.25, -0.2) is 11.6 Å². The zero-order valence-electron chi connectivity index (χ0n) is 12.5. The van der Waals surface area contributed by atoms with Crippen molar-refractivity contribution >= 4 is 0 Å². The van der Waals surface area contributed by atoms with Crippen LogP contribution >= 0.6 is 0 Å². The predicted octanol–water partition coefficient (Wildman–Crippen LogP) is -1.51. The van der Waals surface area contributed by atoms with Gasteiger partial charge in [-0.2, -0.15) is 6.08 Å². The van der Waals surface area contributed by atoms with Crippen LogP contribution in [0.1, 0.15) is 38.7 Å². The van der Waals surface area contributed by atoms with E-state index in [2.05, 4.69) is 50.3 Å². The van der Waals surface area contributed by atoms with Gasteiger partial charge in [0.15, 0.2) is 0 Å². The van der Waals surface area contributed by atoms with Crippen molar-refractivity contribution in [1.29, 1.82) is 0 Å². The van der Waals surface area contributed by atoms with E-state index in [1.807, 2.05) is 6.07 Å². The molecule has 1 aliphatic rings. The summed E-state index contributed by atoms with van der Waals surface area (Å²) in [6.45, 7) is 4.14. The summed E-state index contributed by atoms with van der Waals surface area (Å²) in [7, 11) is 0. The summed E-state index contributed by atoms with van der Waals surface area (Å²) in [4.78, 5) is 0. The molecule has 21 heavy (non-hydrogen) atoms. The fourth-order valence-electron chi connectivity index (χ4n) is 2.17. The van der Waals surface area contributed by atoms with Gasteiger partial charge in [-0.3, -0.25) is 6.08 Å². The van der Waals surface area contributed by atoms with Crippen LogP contribution in [0.4, 0.5) is 0 Å². The minimum absolute atomic E-state index is 0. The zero-order valence-corrected chi connectivity index (χ0v) is 15.6. The molecule has 1 aromatic carbocycles. The van der Waals surface area contributed by atoms with Gasteiger partial charge in [-0.05, 0) is 38.3 Å². The fourth-order valence-corrected chi connectivity index (χ4v) is 2.17. The molecule has 2 rings (SSSR count). The molecule has 0 saturated heterocycles. The van der Waals surface area contributed by atoms with Crippen LogP contribution in [0.2, 0.25) is 0 Å². The van der Waals surface area contributed by atoms with Gasteiger partial charge in [0.1, 0.15) is 5.75 Å². The first kappa shape index (κ1) is 23.1. The fraction of sp³-hybridized carbons (Fsp3) is 0.412. The summed E-state index contributed by atoms with van der Waals surface area (Å²) < 4.78 is 5.83. The van der Waals surface area contributed by atoms with Crippen LogP contribution in [0.3, 0.4) is 0 Å². The smallest absolute Gasteiger partial charge is 1.00 e. The molecule has 0 atom stereocenters. The molecule has 4 heteroatoms. The summed E-state index contributed by atoms with van der Waals surface area (Å²) in [6.07, 6.45) is 12.3. The maximum atomic E-state index is 5.83. The molecule has 113 valence electrons. The minimum Gasteiger partial charge on any atom is -1.00 e. The number of allylic oxidation sites excluding steroid dienone is 4. The number of aryl methyl sites for hydroxylation is 1. The number of para-hydroxylation sites is 1. The summed E-state index contributed by atoms with van der Waals surface area (Å²) >= 11 is 0. The summed E-state index contributed by atoms with van der Waals surface area (Å²) in [5.41, 5.74) is 2.67. The topological polar surface area (TPSA) is 9.23 Å². The number of rotatable bonds is 6. The molecule has 0 amide bonds. The first-order chi connectivity index (χ1) is 8.75. The van der Waals surface area contributed by atoms with E-state index in [0.717, 1.165) is 31.4 Å². The largest absolute Gasteiger partial charge is 3.00 e. The molecule has 1 radical (unpaired) electrons. The summed E-state index contributed by atoms with van der Waals surface area (Å²) in [5, 5.41) is 0. The normalized spacial score (nSPS) is 12.0. The van der Waals surface area contributed by atoms with E-state index >= 15 is 0 Å². The molecule has 0 fully saturated rings. The van der Waals surface area contributed by atoms with Crippen LogP contribution < -0.4 is 29.6 Å². The third kappa shape index (κ3) is 8.11. The number of benzene rings is 1. The number of hydrogen-bond donors (Lipinski definition) is 0. The van der Waals surface area contributed by atoms with Gasteiger partial charge in [-0.1, -0.05) is 24.6 Å². The van der Waals surface area contributed by atoms with E-state index < -0.39 is 0 Å². The molecule has 0 saturated carbocycles.